The maximum atomic E-state index is 13.7. The molecule has 0 aliphatic heterocycles. The summed E-state index contributed by atoms with van der Waals surface area (Å²) in [4.78, 5) is 39.3. The Morgan fingerprint density at radius 1 is 0.634 bits per heavy atom. The van der Waals surface area contributed by atoms with Crippen LogP contribution in [0.25, 0.3) is 22.5 Å². The van der Waals surface area contributed by atoms with E-state index in [0.717, 1.165) is 52.7 Å². The lowest BCUT2D eigenvalue weighted by molar-refractivity contribution is 0.0691. The first-order valence-electron chi connectivity index (χ1n) is 19.6. The molecule has 0 spiro atoms. The van der Waals surface area contributed by atoms with Crippen LogP contribution >= 0.6 is 15.2 Å². The second kappa shape index (κ2) is 24.0. The molecule has 0 bridgehead atoms. The third kappa shape index (κ3) is 14.8. The van der Waals surface area contributed by atoms with Crippen LogP contribution in [0.1, 0.15) is 37.7 Å². The molecule has 28 heteroatoms. The number of nitrogens with zero attached hydrogens (tertiary/aromatic N) is 6. The molecule has 0 atom stereocenters. The predicted molar refractivity (Wildman–Crippen MR) is 253 cm³/mol. The van der Waals surface area contributed by atoms with Crippen LogP contribution in [0.5, 0.6) is 0 Å². The van der Waals surface area contributed by atoms with E-state index in [1.165, 1.54) is 73.1 Å². The summed E-state index contributed by atoms with van der Waals surface area (Å²) >= 11 is 0. The van der Waals surface area contributed by atoms with Crippen LogP contribution in [0.3, 0.4) is 0 Å². The number of carbonyl (C=O) groups is 2. The van der Waals surface area contributed by atoms with Gasteiger partial charge in [0, 0.05) is 51.7 Å². The van der Waals surface area contributed by atoms with Crippen molar-refractivity contribution in [3.8, 4) is 34.7 Å². The van der Waals surface area contributed by atoms with E-state index in [9.17, 15) is 49.6 Å². The minimum atomic E-state index is -3.99. The molecule has 0 fully saturated rings. The van der Waals surface area contributed by atoms with Gasteiger partial charge in [0.05, 0.1) is 56.8 Å². The van der Waals surface area contributed by atoms with E-state index in [0.29, 0.717) is 11.3 Å². The molecule has 2 aromatic heterocycles. The van der Waals surface area contributed by atoms with Gasteiger partial charge in [-0.2, -0.15) is 10.5 Å². The highest BCUT2D eigenvalue weighted by Gasteiger charge is 2.32. The molecule has 0 amide bonds. The molecule has 0 radical (unpaired) electrons. The highest BCUT2D eigenvalue weighted by atomic mass is 32.2. The number of sulfone groups is 2. The van der Waals surface area contributed by atoms with Crippen LogP contribution in [0.15, 0.2) is 107 Å². The van der Waals surface area contributed by atoms with Crippen molar-refractivity contribution >= 4 is 63.9 Å². The normalized spacial score (nSPS) is 11.4. The van der Waals surface area contributed by atoms with Crippen LogP contribution in [0, 0.1) is 34.3 Å². The first kappa shape index (κ1) is 56.2. The van der Waals surface area contributed by atoms with Gasteiger partial charge in [0.15, 0.2) is 53.8 Å². The molecule has 71 heavy (non-hydrogen) atoms. The smallest absolute Gasteiger partial charge is 0.358 e. The average molecular weight is 1060 g/mol. The number of benzene rings is 4. The fourth-order valence-electron chi connectivity index (χ4n) is 5.75. The van der Waals surface area contributed by atoms with E-state index in [4.69, 9.17) is 27.6 Å². The average Bonchev–Trinajstić information content (AvgIpc) is 3.34. The number of nitrogens with two attached hydrogens (primary N) is 3. The summed E-state index contributed by atoms with van der Waals surface area (Å²) in [6.07, 6.45) is 2.24. The van der Waals surface area contributed by atoms with Gasteiger partial charge in [-0.1, -0.05) is 12.1 Å². The number of hydrogen-bond acceptors (Lipinski definition) is 21. The number of nitrogen functional groups attached to an aromatic ring is 3. The summed E-state index contributed by atoms with van der Waals surface area (Å²) < 4.78 is 118. The van der Waals surface area contributed by atoms with Crippen molar-refractivity contribution in [2.45, 2.75) is 16.2 Å². The minimum Gasteiger partial charge on any atom is -0.476 e. The number of halogens is 2. The monoisotopic (exact) mass is 1060 g/mol. The van der Waals surface area contributed by atoms with Crippen molar-refractivity contribution in [3.05, 3.63) is 137 Å². The number of hydrogen-bond donors (Lipinski definition) is 4. The lowest BCUT2D eigenvalue weighted by Gasteiger charge is -2.14. The molecule has 0 unspecified atom stereocenters. The van der Waals surface area contributed by atoms with E-state index in [2.05, 4.69) is 38.0 Å². The molecule has 372 valence electrons. The highest BCUT2D eigenvalue weighted by molar-refractivity contribution is 7.98. The highest BCUT2D eigenvalue weighted by Crippen LogP contribution is 2.49. The number of carbonyl (C=O) groups excluding carboxylic acids is 1. The quantitative estimate of drug-likeness (QED) is 0.0469. The summed E-state index contributed by atoms with van der Waals surface area (Å²) in [6, 6.07) is 21.8. The van der Waals surface area contributed by atoms with Gasteiger partial charge < -0.3 is 40.4 Å². The number of carboxylic acid groups (broad SMARTS) is 1. The number of Topliss-reactive ketones (excluding diaryl/α,β-unsaturated/α-hetero) is 1. The van der Waals surface area contributed by atoms with Gasteiger partial charge >= 0.3 is 21.2 Å². The molecule has 4 aromatic carbocycles. The van der Waals surface area contributed by atoms with Crippen LogP contribution in [0.4, 0.5) is 26.1 Å². The molecule has 0 saturated heterocycles. The van der Waals surface area contributed by atoms with Gasteiger partial charge in [0.25, 0.3) is 0 Å². The molecule has 0 saturated carbocycles. The second-order valence-electron chi connectivity index (χ2n) is 14.1. The minimum absolute atomic E-state index is 0.0287. The standard InChI is InChI=1S/C22H20FN4O6PS.C12H7FN4O2.C9H14NO5PS/c1-32-34(29,33-2)13-35(30,31)17-7-3-14(4-8-17)9-20(28)21-22(25)26-12-19(27-21)18-10-16(23)6-5-15(18)11-24;13-7-2-1-6(4-14)8(3-7)9-5-16-11(15)10(17-9)12(18)19;1-14-16(11,15-2)7-17(12,13)9-5-3-8(10)4-6-9/h3-8,10,12H,9,13H2,1-2H3,(H2,25,26);1-3,5H,(H2,15,16)(H,18,19);3-6H,7,10H2,1-2H3. The van der Waals surface area contributed by atoms with Crippen LogP contribution < -0.4 is 17.2 Å². The lowest BCUT2D eigenvalue weighted by atomic mass is 10.0. The molecule has 7 N–H and O–H groups in total. The molecule has 0 aliphatic rings. The van der Waals surface area contributed by atoms with Crippen molar-refractivity contribution in [2.24, 2.45) is 0 Å². The van der Waals surface area contributed by atoms with E-state index in [-0.39, 0.29) is 67.2 Å². The van der Waals surface area contributed by atoms with E-state index in [1.54, 1.807) is 0 Å². The molecular weight excluding hydrogens is 1010 g/mol. The molecule has 6 rings (SSSR count). The Kier molecular flexibility index (Phi) is 19.0. The molecule has 0 aliphatic carbocycles. The second-order valence-corrected chi connectivity index (χ2v) is 23.5. The number of aromatic carboxylic acids is 1. The summed E-state index contributed by atoms with van der Waals surface area (Å²) in [5, 5.41) is 27.1. The first-order valence-corrected chi connectivity index (χ1v) is 26.4. The summed E-state index contributed by atoms with van der Waals surface area (Å²) in [5.74, 6) is -3.42. The number of aromatic nitrogens is 4. The predicted octanol–water partition coefficient (Wildman–Crippen LogP) is 6.30. The van der Waals surface area contributed by atoms with Gasteiger partial charge in [0.2, 0.25) is 0 Å². The fraction of sp³-hybridized carbons (Fsp3) is 0.163. The molecule has 22 nitrogen and oxygen atoms in total. The van der Waals surface area contributed by atoms with Crippen molar-refractivity contribution in [2.75, 3.05) is 56.6 Å². The van der Waals surface area contributed by atoms with Gasteiger partial charge in [0.1, 0.15) is 17.3 Å². The molecular formula is C43H41F2N9O13P2S2. The Morgan fingerprint density at radius 2 is 1.01 bits per heavy atom. The van der Waals surface area contributed by atoms with Gasteiger partial charge in [-0.05, 0) is 78.4 Å². The van der Waals surface area contributed by atoms with E-state index >= 15 is 0 Å². The zero-order valence-corrected chi connectivity index (χ0v) is 41.0. The van der Waals surface area contributed by atoms with Crippen molar-refractivity contribution < 1.29 is 67.5 Å². The SMILES string of the molecule is COP(=O)(CS(=O)(=O)c1ccc(CC(=O)c2nc(-c3cc(F)ccc3C#N)cnc2N)cc1)OC.COP(=O)(CS(=O)(=O)c1ccc(N)cc1)OC.N#Cc1ccc(F)cc1-c1cnc(N)c(C(=O)O)n1. The fourth-order valence-corrected chi connectivity index (χ4v) is 13.4. The maximum Gasteiger partial charge on any atom is 0.358 e. The summed E-state index contributed by atoms with van der Waals surface area (Å²) in [5.41, 5.74) is 16.2. The number of rotatable bonds is 16. The zero-order valence-electron chi connectivity index (χ0n) is 37.6. The van der Waals surface area contributed by atoms with Crippen molar-refractivity contribution in [3.63, 3.8) is 0 Å². The van der Waals surface area contributed by atoms with Crippen LogP contribution in [-0.4, -0.2) is 93.1 Å². The zero-order chi connectivity index (χ0) is 52.9. The van der Waals surface area contributed by atoms with Crippen LogP contribution in [-0.2, 0) is 53.3 Å². The van der Waals surface area contributed by atoms with Gasteiger partial charge in [-0.15, -0.1) is 0 Å². The maximum absolute atomic E-state index is 13.7. The third-order valence-corrected chi connectivity index (χ3v) is 18.9. The number of ketones is 1. The number of nitriles is 2. The molecule has 2 heterocycles. The van der Waals surface area contributed by atoms with Crippen molar-refractivity contribution in [1.29, 1.82) is 10.5 Å². The first-order chi connectivity index (χ1) is 33.4. The topological polar surface area (TPSA) is 371 Å². The Labute approximate surface area is 405 Å². The summed E-state index contributed by atoms with van der Waals surface area (Å²) in [6.45, 7) is 0. The van der Waals surface area contributed by atoms with E-state index < -0.39 is 74.9 Å². The lowest BCUT2D eigenvalue weighted by Crippen LogP contribution is -2.12. The Hall–Kier alpha value is -7.38. The largest absolute Gasteiger partial charge is 0.476 e. The van der Waals surface area contributed by atoms with E-state index in [1.807, 2.05) is 12.1 Å². The summed E-state index contributed by atoms with van der Waals surface area (Å²) in [7, 11) is -10.7. The Balaban J connectivity index is 0.000000256. The number of anilines is 3. The van der Waals surface area contributed by atoms with Crippen molar-refractivity contribution in [1.82, 2.24) is 19.9 Å². The number of carboxylic acids is 1. The van der Waals surface area contributed by atoms with Gasteiger partial charge in [-0.3, -0.25) is 13.9 Å². The Morgan fingerprint density at radius 3 is 1.39 bits per heavy atom. The Bertz CT molecular complexity index is 3360. The molecule has 6 aromatic rings. The third-order valence-electron chi connectivity index (χ3n) is 9.48. The van der Waals surface area contributed by atoms with Gasteiger partial charge in [-0.25, -0.2) is 50.3 Å². The van der Waals surface area contributed by atoms with Crippen LogP contribution in [0.2, 0.25) is 0 Å².